The van der Waals surface area contributed by atoms with Gasteiger partial charge in [-0.2, -0.15) is 17.7 Å². The monoisotopic (exact) mass is 342 g/mol. The van der Waals surface area contributed by atoms with Gasteiger partial charge in [0.05, 0.1) is 0 Å². The van der Waals surface area contributed by atoms with Crippen LogP contribution in [0.15, 0.2) is 34.0 Å². The molecule has 0 fully saturated rings. The molecule has 0 bridgehead atoms. The summed E-state index contributed by atoms with van der Waals surface area (Å²) < 4.78 is 1.42. The number of aryl methyl sites for hydroxylation is 1. The molecular formula is C15H17N2O2Rb. The average Bonchev–Trinajstić information content (AvgIpc) is 2.39. The Labute approximate surface area is 167 Å². The van der Waals surface area contributed by atoms with Gasteiger partial charge in [-0.3, -0.25) is 9.78 Å². The van der Waals surface area contributed by atoms with E-state index in [-0.39, 0.29) is 63.7 Å². The molecule has 100 valence electrons. The summed E-state index contributed by atoms with van der Waals surface area (Å²) in [5.74, 6) is 0.412. The molecule has 0 saturated carbocycles. The molecule has 20 heavy (non-hydrogen) atoms. The van der Waals surface area contributed by atoms with Crippen LogP contribution in [0.3, 0.4) is 0 Å². The molecule has 0 spiro atoms. The Bertz CT molecular complexity index is 704. The van der Waals surface area contributed by atoms with Crippen molar-refractivity contribution < 1.29 is 58.2 Å². The zero-order chi connectivity index (χ0) is 14.0. The van der Waals surface area contributed by atoms with Crippen LogP contribution < -0.4 is 69.4 Å². The maximum atomic E-state index is 11.8. The largest absolute Gasteiger partial charge is 1.00 e. The van der Waals surface area contributed by atoms with Crippen molar-refractivity contribution in [2.45, 2.75) is 33.1 Å². The van der Waals surface area contributed by atoms with E-state index in [9.17, 15) is 9.59 Å². The second kappa shape index (κ2) is 7.64. The van der Waals surface area contributed by atoms with Gasteiger partial charge in [-0.25, -0.2) is 4.79 Å². The minimum Gasteiger partial charge on any atom is -0.324 e. The van der Waals surface area contributed by atoms with Crippen LogP contribution in [0.1, 0.15) is 37.3 Å². The summed E-state index contributed by atoms with van der Waals surface area (Å²) in [6.07, 6.45) is 2.51. The van der Waals surface area contributed by atoms with E-state index in [0.717, 1.165) is 17.7 Å². The number of aromatic amines is 1. The van der Waals surface area contributed by atoms with Crippen molar-refractivity contribution in [3.63, 3.8) is 0 Å². The van der Waals surface area contributed by atoms with Crippen molar-refractivity contribution in [3.8, 4) is 5.69 Å². The first kappa shape index (κ1) is 17.8. The molecule has 1 heterocycles. The van der Waals surface area contributed by atoms with Crippen LogP contribution in [0, 0.1) is 13.0 Å². The predicted molar refractivity (Wildman–Crippen MR) is 74.9 cm³/mol. The van der Waals surface area contributed by atoms with E-state index >= 15 is 0 Å². The normalized spacial score (nSPS) is 11.8. The number of hydrogen-bond acceptors (Lipinski definition) is 2. The number of rotatable bonds is 3. The van der Waals surface area contributed by atoms with Gasteiger partial charge in [0.25, 0.3) is 5.56 Å². The van der Waals surface area contributed by atoms with Crippen molar-refractivity contribution in [1.82, 2.24) is 9.55 Å². The summed E-state index contributed by atoms with van der Waals surface area (Å²) in [6.45, 7) is 6.29. The Morgan fingerprint density at radius 2 is 2.10 bits per heavy atom. The van der Waals surface area contributed by atoms with Gasteiger partial charge < -0.3 is 4.57 Å². The molecule has 5 heteroatoms. The molecule has 1 atom stereocenters. The van der Waals surface area contributed by atoms with Crippen LogP contribution in [0.2, 0.25) is 0 Å². The standard InChI is InChI=1S/C15H17N2O2.Rb/c1-4-10(2)13-9-12(6-5-11(13)3)17-8-7-14(18)16-15(17)19;/h6-10H,4H2,1-3H3,(H,16,18,19);/q-1;+1. The summed E-state index contributed by atoms with van der Waals surface area (Å²) in [7, 11) is 0. The van der Waals surface area contributed by atoms with Crippen LogP contribution in [0.5, 0.6) is 0 Å². The number of hydrogen-bond donors (Lipinski definition) is 1. The van der Waals surface area contributed by atoms with Gasteiger partial charge >= 0.3 is 63.9 Å². The second-order valence-corrected chi connectivity index (χ2v) is 4.73. The molecule has 1 unspecified atom stereocenters. The fourth-order valence-electron chi connectivity index (χ4n) is 2.07. The molecule has 0 aliphatic heterocycles. The summed E-state index contributed by atoms with van der Waals surface area (Å²) in [6, 6.07) is 8.26. The first-order valence-electron chi connectivity index (χ1n) is 6.37. The van der Waals surface area contributed by atoms with Gasteiger partial charge in [0.1, 0.15) is 0 Å². The van der Waals surface area contributed by atoms with E-state index < -0.39 is 5.69 Å². The Morgan fingerprint density at radius 3 is 2.70 bits per heavy atom. The molecule has 0 saturated heterocycles. The van der Waals surface area contributed by atoms with E-state index in [1.54, 1.807) is 6.07 Å². The van der Waals surface area contributed by atoms with Crippen LogP contribution in [-0.2, 0) is 0 Å². The number of nitrogens with zero attached hydrogens (tertiary/aromatic N) is 1. The van der Waals surface area contributed by atoms with Crippen molar-refractivity contribution >= 4 is 0 Å². The van der Waals surface area contributed by atoms with E-state index in [4.69, 9.17) is 0 Å². The predicted octanol–water partition coefficient (Wildman–Crippen LogP) is -0.848. The number of benzene rings is 1. The zero-order valence-corrected chi connectivity index (χ0v) is 17.3. The Kier molecular flexibility index (Phi) is 6.78. The van der Waals surface area contributed by atoms with E-state index in [2.05, 4.69) is 24.9 Å². The van der Waals surface area contributed by atoms with E-state index in [0.29, 0.717) is 5.92 Å². The summed E-state index contributed by atoms with van der Waals surface area (Å²) in [4.78, 5) is 25.1. The van der Waals surface area contributed by atoms with Gasteiger partial charge in [0.15, 0.2) is 0 Å². The third-order valence-electron chi connectivity index (χ3n) is 3.42. The fraction of sp³-hybridized carbons (Fsp3) is 0.333. The number of nitrogens with one attached hydrogen (secondary N) is 1. The maximum Gasteiger partial charge on any atom is 1.00 e. The molecular weight excluding hydrogens is 326 g/mol. The molecule has 0 aliphatic carbocycles. The number of H-pyrrole nitrogens is 1. The molecule has 1 aromatic carbocycles. The van der Waals surface area contributed by atoms with E-state index in [1.807, 2.05) is 13.0 Å². The quantitative estimate of drug-likeness (QED) is 0.739. The van der Waals surface area contributed by atoms with Crippen molar-refractivity contribution in [2.24, 2.45) is 0 Å². The minimum atomic E-state index is -0.431. The fourth-order valence-corrected chi connectivity index (χ4v) is 2.07. The molecule has 4 nitrogen and oxygen atoms in total. The van der Waals surface area contributed by atoms with Gasteiger partial charge in [0, 0.05) is 12.3 Å². The minimum absolute atomic E-state index is 0. The summed E-state index contributed by atoms with van der Waals surface area (Å²) in [5, 5.41) is 0. The van der Waals surface area contributed by atoms with Gasteiger partial charge in [0.2, 0.25) is 0 Å². The van der Waals surface area contributed by atoms with Crippen molar-refractivity contribution in [2.75, 3.05) is 0 Å². The van der Waals surface area contributed by atoms with Crippen LogP contribution in [0.4, 0.5) is 0 Å². The van der Waals surface area contributed by atoms with E-state index in [1.165, 1.54) is 22.4 Å². The zero-order valence-electron chi connectivity index (χ0n) is 12.4. The van der Waals surface area contributed by atoms with Gasteiger partial charge in [-0.15, -0.1) is 11.6 Å². The Hall–Kier alpha value is -0.295. The Balaban J connectivity index is 0.00000200. The molecule has 2 rings (SSSR count). The first-order valence-corrected chi connectivity index (χ1v) is 6.37. The summed E-state index contributed by atoms with van der Waals surface area (Å²) in [5.41, 5.74) is 2.18. The van der Waals surface area contributed by atoms with Gasteiger partial charge in [-0.05, 0) is 0 Å². The molecule has 0 amide bonds. The van der Waals surface area contributed by atoms with Crippen LogP contribution in [0.25, 0.3) is 5.69 Å². The Morgan fingerprint density at radius 1 is 1.40 bits per heavy atom. The first-order chi connectivity index (χ1) is 9.02. The molecule has 0 aliphatic rings. The number of aromatic nitrogens is 2. The van der Waals surface area contributed by atoms with Gasteiger partial charge in [-0.1, -0.05) is 38.8 Å². The van der Waals surface area contributed by atoms with Crippen molar-refractivity contribution in [3.05, 3.63) is 62.4 Å². The SMILES string of the molecule is CCC(C)c1cc(-n2ccc(=O)[nH]c2=O)c[c-]c1C.[Rb+]. The molecule has 1 aromatic heterocycles. The third kappa shape index (κ3) is 3.88. The average molecular weight is 343 g/mol. The molecule has 0 radical (unpaired) electrons. The maximum absolute atomic E-state index is 11.8. The summed E-state index contributed by atoms with van der Waals surface area (Å²) >= 11 is 0. The van der Waals surface area contributed by atoms with Crippen molar-refractivity contribution in [1.29, 1.82) is 0 Å². The topological polar surface area (TPSA) is 54.9 Å². The smallest absolute Gasteiger partial charge is 0.324 e. The van der Waals surface area contributed by atoms with Crippen LogP contribution in [-0.4, -0.2) is 9.55 Å². The molecule has 1 N–H and O–H groups in total. The van der Waals surface area contributed by atoms with Crippen LogP contribution >= 0.6 is 0 Å². The third-order valence-corrected chi connectivity index (χ3v) is 3.42. The second-order valence-electron chi connectivity index (χ2n) is 4.73. The molecule has 2 aromatic rings.